The summed E-state index contributed by atoms with van der Waals surface area (Å²) in [5.74, 6) is -1.09. The van der Waals surface area contributed by atoms with Crippen molar-refractivity contribution in [3.63, 3.8) is 0 Å². The Hall–Kier alpha value is -0.710. The number of alkyl halides is 3. The Balaban J connectivity index is 2.88. The maximum absolute atomic E-state index is 13.5. The van der Waals surface area contributed by atoms with Crippen LogP contribution in [0.1, 0.15) is 13.8 Å². The molecule has 1 aromatic rings. The van der Waals surface area contributed by atoms with E-state index in [9.17, 15) is 9.18 Å². The number of hydrogen-bond donors (Lipinski definition) is 2. The highest BCUT2D eigenvalue weighted by Gasteiger charge is 2.34. The van der Waals surface area contributed by atoms with Crippen LogP contribution in [0.25, 0.3) is 0 Å². The number of para-hydroxylation sites is 1. The van der Waals surface area contributed by atoms with E-state index in [-0.39, 0.29) is 17.5 Å². The van der Waals surface area contributed by atoms with Crippen LogP contribution in [-0.2, 0) is 4.79 Å². The fourth-order valence-electron chi connectivity index (χ4n) is 1.24. The molecule has 2 N–H and O–H groups in total. The summed E-state index contributed by atoms with van der Waals surface area (Å²) in [5, 5.41) is 5.19. The zero-order chi connectivity index (χ0) is 14.6. The largest absolute Gasteiger partial charge is 0.359 e. The quantitative estimate of drug-likeness (QED) is 0.654. The summed E-state index contributed by atoms with van der Waals surface area (Å²) in [5.41, 5.74) is 0.142. The van der Waals surface area contributed by atoms with Crippen molar-refractivity contribution < 1.29 is 9.18 Å². The van der Waals surface area contributed by atoms with Gasteiger partial charge in [0, 0.05) is 5.92 Å². The molecule has 0 heterocycles. The molecule has 1 atom stereocenters. The summed E-state index contributed by atoms with van der Waals surface area (Å²) in [7, 11) is 0. The third-order valence-electron chi connectivity index (χ3n) is 2.31. The third kappa shape index (κ3) is 5.05. The average molecular weight is 328 g/mol. The standard InChI is InChI=1S/C12H14Cl3FN2O/c1-7(2)10(19)18-11(12(13,14)15)17-9-6-4-3-5-8(9)16/h3-7,11,17H,1-2H3,(H,18,19)/t11-/m1/s1. The molecule has 0 aromatic heterocycles. The number of carbonyl (C=O) groups is 1. The van der Waals surface area contributed by atoms with E-state index in [1.807, 2.05) is 0 Å². The summed E-state index contributed by atoms with van der Waals surface area (Å²) in [6.45, 7) is 3.40. The minimum atomic E-state index is -1.81. The second-order valence-electron chi connectivity index (χ2n) is 4.26. The summed E-state index contributed by atoms with van der Waals surface area (Å²) >= 11 is 17.3. The lowest BCUT2D eigenvalue weighted by atomic mass is 10.2. The maximum Gasteiger partial charge on any atom is 0.228 e. The number of anilines is 1. The number of rotatable bonds is 4. The van der Waals surface area contributed by atoms with Crippen LogP contribution in [0, 0.1) is 11.7 Å². The van der Waals surface area contributed by atoms with Gasteiger partial charge in [0.05, 0.1) is 5.69 Å². The molecule has 19 heavy (non-hydrogen) atoms. The Labute approximate surface area is 126 Å². The zero-order valence-electron chi connectivity index (χ0n) is 10.4. The Morgan fingerprint density at radius 1 is 1.26 bits per heavy atom. The van der Waals surface area contributed by atoms with Gasteiger partial charge in [-0.1, -0.05) is 60.8 Å². The van der Waals surface area contributed by atoms with Crippen LogP contribution in [0.3, 0.4) is 0 Å². The normalized spacial score (nSPS) is 13.2. The van der Waals surface area contributed by atoms with Gasteiger partial charge in [-0.25, -0.2) is 4.39 Å². The number of amides is 1. The fraction of sp³-hybridized carbons (Fsp3) is 0.417. The molecule has 0 saturated carbocycles. The van der Waals surface area contributed by atoms with Gasteiger partial charge < -0.3 is 10.6 Å². The minimum Gasteiger partial charge on any atom is -0.359 e. The number of carbonyl (C=O) groups excluding carboxylic acids is 1. The molecule has 0 bridgehead atoms. The third-order valence-corrected chi connectivity index (χ3v) is 2.97. The van der Waals surface area contributed by atoms with Crippen LogP contribution in [0.2, 0.25) is 0 Å². The molecular weight excluding hydrogens is 314 g/mol. The van der Waals surface area contributed by atoms with E-state index in [2.05, 4.69) is 10.6 Å². The summed E-state index contributed by atoms with van der Waals surface area (Å²) in [6.07, 6.45) is -1.04. The van der Waals surface area contributed by atoms with E-state index in [0.717, 1.165) is 0 Å². The van der Waals surface area contributed by atoms with Crippen molar-refractivity contribution in [3.05, 3.63) is 30.1 Å². The van der Waals surface area contributed by atoms with E-state index in [1.165, 1.54) is 18.2 Å². The van der Waals surface area contributed by atoms with Gasteiger partial charge in [-0.05, 0) is 12.1 Å². The minimum absolute atomic E-state index is 0.142. The van der Waals surface area contributed by atoms with Crippen LogP contribution in [0.4, 0.5) is 10.1 Å². The van der Waals surface area contributed by atoms with Crippen molar-refractivity contribution in [3.8, 4) is 0 Å². The van der Waals surface area contributed by atoms with Gasteiger partial charge in [-0.3, -0.25) is 4.79 Å². The summed E-state index contributed by atoms with van der Waals surface area (Å²) < 4.78 is 11.7. The van der Waals surface area contributed by atoms with Crippen molar-refractivity contribution in [1.82, 2.24) is 5.32 Å². The van der Waals surface area contributed by atoms with Gasteiger partial charge in [-0.2, -0.15) is 0 Å². The number of hydrogen-bond acceptors (Lipinski definition) is 2. The predicted octanol–water partition coefficient (Wildman–Crippen LogP) is 3.71. The van der Waals surface area contributed by atoms with E-state index in [0.29, 0.717) is 0 Å². The number of nitrogens with one attached hydrogen (secondary N) is 2. The molecule has 3 nitrogen and oxygen atoms in total. The fourth-order valence-corrected chi connectivity index (χ4v) is 1.57. The molecular formula is C12H14Cl3FN2O. The monoisotopic (exact) mass is 326 g/mol. The molecule has 0 unspecified atom stereocenters. The first kappa shape index (κ1) is 16.3. The summed E-state index contributed by atoms with van der Waals surface area (Å²) in [6, 6.07) is 5.92. The lowest BCUT2D eigenvalue weighted by Gasteiger charge is -2.28. The molecule has 1 amide bonds. The molecule has 106 valence electrons. The van der Waals surface area contributed by atoms with Crippen LogP contribution in [0.15, 0.2) is 24.3 Å². The first-order valence-electron chi connectivity index (χ1n) is 5.60. The molecule has 0 aliphatic rings. The Bertz CT molecular complexity index is 449. The van der Waals surface area contributed by atoms with E-state index < -0.39 is 15.8 Å². The number of halogens is 4. The topological polar surface area (TPSA) is 41.1 Å². The van der Waals surface area contributed by atoms with Crippen LogP contribution < -0.4 is 10.6 Å². The molecule has 1 rings (SSSR count). The second kappa shape index (κ2) is 6.64. The van der Waals surface area contributed by atoms with E-state index in [1.54, 1.807) is 19.9 Å². The molecule has 0 saturated heterocycles. The smallest absolute Gasteiger partial charge is 0.228 e. The molecule has 0 aliphatic carbocycles. The van der Waals surface area contributed by atoms with Gasteiger partial charge in [0.1, 0.15) is 12.0 Å². The lowest BCUT2D eigenvalue weighted by Crippen LogP contribution is -2.50. The van der Waals surface area contributed by atoms with Gasteiger partial charge in [0.15, 0.2) is 0 Å². The average Bonchev–Trinajstić information content (AvgIpc) is 2.29. The van der Waals surface area contributed by atoms with Crippen molar-refractivity contribution in [2.45, 2.75) is 23.8 Å². The van der Waals surface area contributed by atoms with Crippen molar-refractivity contribution in [2.24, 2.45) is 5.92 Å². The Morgan fingerprint density at radius 2 is 1.84 bits per heavy atom. The Kier molecular flexibility index (Phi) is 5.71. The molecule has 1 aromatic carbocycles. The summed E-state index contributed by atoms with van der Waals surface area (Å²) in [4.78, 5) is 11.7. The molecule has 0 radical (unpaired) electrons. The molecule has 0 fully saturated rings. The van der Waals surface area contributed by atoms with E-state index >= 15 is 0 Å². The van der Waals surface area contributed by atoms with Gasteiger partial charge in [-0.15, -0.1) is 0 Å². The molecule has 0 aliphatic heterocycles. The van der Waals surface area contributed by atoms with Crippen LogP contribution >= 0.6 is 34.8 Å². The van der Waals surface area contributed by atoms with E-state index in [4.69, 9.17) is 34.8 Å². The first-order chi connectivity index (χ1) is 8.71. The van der Waals surface area contributed by atoms with Gasteiger partial charge in [0.25, 0.3) is 0 Å². The van der Waals surface area contributed by atoms with Crippen LogP contribution in [-0.4, -0.2) is 15.9 Å². The van der Waals surface area contributed by atoms with Crippen molar-refractivity contribution >= 4 is 46.4 Å². The Morgan fingerprint density at radius 3 is 2.32 bits per heavy atom. The predicted molar refractivity (Wildman–Crippen MR) is 77.1 cm³/mol. The highest BCUT2D eigenvalue weighted by atomic mass is 35.6. The van der Waals surface area contributed by atoms with Crippen LogP contribution in [0.5, 0.6) is 0 Å². The van der Waals surface area contributed by atoms with Crippen molar-refractivity contribution in [1.29, 1.82) is 0 Å². The zero-order valence-corrected chi connectivity index (χ0v) is 12.7. The number of benzene rings is 1. The second-order valence-corrected chi connectivity index (χ2v) is 6.63. The van der Waals surface area contributed by atoms with Gasteiger partial charge in [0.2, 0.25) is 9.70 Å². The first-order valence-corrected chi connectivity index (χ1v) is 6.73. The van der Waals surface area contributed by atoms with Gasteiger partial charge >= 0.3 is 0 Å². The highest BCUT2D eigenvalue weighted by molar-refractivity contribution is 6.68. The van der Waals surface area contributed by atoms with Crippen molar-refractivity contribution in [2.75, 3.05) is 5.32 Å². The lowest BCUT2D eigenvalue weighted by molar-refractivity contribution is -0.124. The SMILES string of the molecule is CC(C)C(=O)N[C@@H](Nc1ccccc1F)C(Cl)(Cl)Cl. The highest BCUT2D eigenvalue weighted by Crippen LogP contribution is 2.31. The maximum atomic E-state index is 13.5. The molecule has 7 heteroatoms. The molecule has 0 spiro atoms.